The molecule has 1 aromatic rings. The number of benzene rings is 1. The van der Waals surface area contributed by atoms with Crippen LogP contribution in [0.1, 0.15) is 32.3 Å². The molecule has 0 radical (unpaired) electrons. The summed E-state index contributed by atoms with van der Waals surface area (Å²) < 4.78 is 6.55. The Bertz CT molecular complexity index is 705. The van der Waals surface area contributed by atoms with Gasteiger partial charge in [0.05, 0.1) is 19.1 Å². The molecule has 1 heterocycles. The van der Waals surface area contributed by atoms with Crippen LogP contribution in [-0.2, 0) is 11.2 Å². The lowest BCUT2D eigenvalue weighted by Crippen LogP contribution is -2.47. The van der Waals surface area contributed by atoms with Gasteiger partial charge in [0, 0.05) is 50.9 Å². The summed E-state index contributed by atoms with van der Waals surface area (Å²) in [5, 5.41) is 9.71. The molecule has 1 aliphatic heterocycles. The third-order valence-electron chi connectivity index (χ3n) is 6.17. The van der Waals surface area contributed by atoms with Gasteiger partial charge in [-0.15, -0.1) is 0 Å². The molecule has 3 atom stereocenters. The summed E-state index contributed by atoms with van der Waals surface area (Å²) in [5.41, 5.74) is 1.97. The summed E-state index contributed by atoms with van der Waals surface area (Å²) in [6.45, 7) is 6.57. The van der Waals surface area contributed by atoms with Crippen LogP contribution in [0.4, 0.5) is 5.69 Å². The van der Waals surface area contributed by atoms with E-state index in [0.717, 1.165) is 36.0 Å². The van der Waals surface area contributed by atoms with Crippen molar-refractivity contribution >= 4 is 11.6 Å². The summed E-state index contributed by atoms with van der Waals surface area (Å²) in [7, 11) is 6.16. The van der Waals surface area contributed by atoms with Gasteiger partial charge >= 0.3 is 0 Å². The van der Waals surface area contributed by atoms with Crippen LogP contribution in [0, 0.1) is 11.8 Å². The van der Waals surface area contributed by atoms with E-state index in [-0.39, 0.29) is 30.6 Å². The van der Waals surface area contributed by atoms with Gasteiger partial charge in [-0.1, -0.05) is 6.92 Å². The van der Waals surface area contributed by atoms with E-state index in [0.29, 0.717) is 13.0 Å². The summed E-state index contributed by atoms with van der Waals surface area (Å²) >= 11 is 0. The molecule has 6 nitrogen and oxygen atoms in total. The fourth-order valence-electron chi connectivity index (χ4n) is 4.03. The first kappa shape index (κ1) is 21.9. The predicted molar refractivity (Wildman–Crippen MR) is 117 cm³/mol. The molecule has 1 fully saturated rings. The lowest BCUT2D eigenvalue weighted by Gasteiger charge is -2.34. The Balaban J connectivity index is 1.90. The quantitative estimate of drug-likeness (QED) is 0.757. The van der Waals surface area contributed by atoms with E-state index >= 15 is 0 Å². The van der Waals surface area contributed by atoms with Crippen LogP contribution in [0.25, 0.3) is 0 Å². The molecule has 162 valence electrons. The summed E-state index contributed by atoms with van der Waals surface area (Å²) in [4.78, 5) is 19.4. The van der Waals surface area contributed by atoms with E-state index < -0.39 is 0 Å². The van der Waals surface area contributed by atoms with Gasteiger partial charge in [-0.2, -0.15) is 0 Å². The molecule has 0 bridgehead atoms. The van der Waals surface area contributed by atoms with Gasteiger partial charge in [-0.25, -0.2) is 0 Å². The van der Waals surface area contributed by atoms with Crippen molar-refractivity contribution in [2.24, 2.45) is 11.8 Å². The molecule has 0 aromatic heterocycles. The zero-order valence-corrected chi connectivity index (χ0v) is 18.6. The minimum Gasteiger partial charge on any atom is -0.488 e. The molecule has 0 spiro atoms. The third-order valence-corrected chi connectivity index (χ3v) is 6.17. The number of aliphatic hydroxyl groups excluding tert-OH is 1. The van der Waals surface area contributed by atoms with Crippen LogP contribution < -0.4 is 9.64 Å². The number of aliphatic hydroxyl groups is 1. The Labute approximate surface area is 175 Å². The number of hydrogen-bond acceptors (Lipinski definition) is 5. The predicted octanol–water partition coefficient (Wildman–Crippen LogP) is 2.24. The maximum absolute atomic E-state index is 13.1. The van der Waals surface area contributed by atoms with Crippen LogP contribution in [0.15, 0.2) is 18.2 Å². The van der Waals surface area contributed by atoms with Crippen molar-refractivity contribution in [3.63, 3.8) is 0 Å². The Morgan fingerprint density at radius 3 is 2.59 bits per heavy atom. The summed E-state index contributed by atoms with van der Waals surface area (Å²) in [6.07, 6.45) is 2.94. The number of carbonyl (C=O) groups is 1. The molecule has 29 heavy (non-hydrogen) atoms. The largest absolute Gasteiger partial charge is 0.488 e. The Hall–Kier alpha value is -1.79. The normalized spacial score (nSPS) is 23.7. The number of ether oxygens (including phenoxy) is 1. The van der Waals surface area contributed by atoms with Gasteiger partial charge in [-0.3, -0.25) is 4.79 Å². The number of anilines is 1. The van der Waals surface area contributed by atoms with Crippen molar-refractivity contribution in [3.8, 4) is 5.75 Å². The van der Waals surface area contributed by atoms with Crippen molar-refractivity contribution in [1.29, 1.82) is 0 Å². The molecule has 1 N–H and O–H groups in total. The molecular weight excluding hydrogens is 366 g/mol. The Kier molecular flexibility index (Phi) is 7.06. The number of nitrogens with zero attached hydrogens (tertiary/aromatic N) is 3. The monoisotopic (exact) mass is 403 g/mol. The standard InChI is InChI=1S/C23H37N3O3/c1-16-12-26(17(2)15-27)23(28)11-19-10-20(24(3)4)8-9-21(19)29-22(16)14-25(5)13-18-6-7-18/h8-10,16-18,22,27H,6-7,11-15H2,1-5H3/t16-,17+,22+/m1/s1. The molecule has 1 aromatic carbocycles. The molecule has 1 saturated carbocycles. The van der Waals surface area contributed by atoms with Gasteiger partial charge in [0.1, 0.15) is 11.9 Å². The van der Waals surface area contributed by atoms with Crippen LogP contribution in [-0.4, -0.2) is 80.3 Å². The highest BCUT2D eigenvalue weighted by molar-refractivity contribution is 5.80. The number of likely N-dealkylation sites (N-methyl/N-ethyl adjacent to an activating group) is 1. The van der Waals surface area contributed by atoms with Gasteiger partial charge in [0.15, 0.2) is 0 Å². The highest BCUT2D eigenvalue weighted by Crippen LogP contribution is 2.31. The maximum atomic E-state index is 13.1. The zero-order chi connectivity index (χ0) is 21.1. The Morgan fingerprint density at radius 1 is 1.24 bits per heavy atom. The molecule has 0 unspecified atom stereocenters. The van der Waals surface area contributed by atoms with Gasteiger partial charge in [-0.05, 0) is 50.9 Å². The zero-order valence-electron chi connectivity index (χ0n) is 18.6. The van der Waals surface area contributed by atoms with Crippen molar-refractivity contribution in [2.75, 3.05) is 52.3 Å². The number of hydrogen-bond donors (Lipinski definition) is 1. The molecule has 6 heteroatoms. The van der Waals surface area contributed by atoms with Crippen molar-refractivity contribution in [2.45, 2.75) is 45.3 Å². The van der Waals surface area contributed by atoms with E-state index in [4.69, 9.17) is 4.74 Å². The highest BCUT2D eigenvalue weighted by Gasteiger charge is 2.32. The SMILES string of the molecule is C[C@@H]1CN([C@@H](C)CO)C(=O)Cc2cc(N(C)C)ccc2O[C@H]1CN(C)CC1CC1. The minimum atomic E-state index is -0.201. The summed E-state index contributed by atoms with van der Waals surface area (Å²) in [6, 6.07) is 5.90. The van der Waals surface area contributed by atoms with E-state index in [1.54, 1.807) is 0 Å². The van der Waals surface area contributed by atoms with Crippen molar-refractivity contribution in [3.05, 3.63) is 23.8 Å². The number of amides is 1. The van der Waals surface area contributed by atoms with Crippen LogP contribution >= 0.6 is 0 Å². The average Bonchev–Trinajstić information content (AvgIpc) is 3.48. The van der Waals surface area contributed by atoms with E-state index in [1.165, 1.54) is 12.8 Å². The molecular formula is C23H37N3O3. The third kappa shape index (κ3) is 5.64. The molecule has 1 aliphatic carbocycles. The number of rotatable bonds is 7. The fraction of sp³-hybridized carbons (Fsp3) is 0.696. The van der Waals surface area contributed by atoms with Crippen molar-refractivity contribution in [1.82, 2.24) is 9.80 Å². The van der Waals surface area contributed by atoms with Gasteiger partial charge < -0.3 is 24.5 Å². The van der Waals surface area contributed by atoms with Crippen LogP contribution in [0.2, 0.25) is 0 Å². The second kappa shape index (κ2) is 9.35. The van der Waals surface area contributed by atoms with E-state index in [2.05, 4.69) is 24.9 Å². The van der Waals surface area contributed by atoms with Gasteiger partial charge in [0.2, 0.25) is 5.91 Å². The van der Waals surface area contributed by atoms with E-state index in [9.17, 15) is 9.90 Å². The number of carbonyl (C=O) groups excluding carboxylic acids is 1. The van der Waals surface area contributed by atoms with Crippen LogP contribution in [0.5, 0.6) is 5.75 Å². The molecule has 1 amide bonds. The summed E-state index contributed by atoms with van der Waals surface area (Å²) in [5.74, 6) is 1.84. The van der Waals surface area contributed by atoms with Crippen LogP contribution in [0.3, 0.4) is 0 Å². The fourth-order valence-corrected chi connectivity index (χ4v) is 4.03. The molecule has 0 saturated heterocycles. The molecule has 3 rings (SSSR count). The van der Waals surface area contributed by atoms with Gasteiger partial charge in [0.25, 0.3) is 0 Å². The van der Waals surface area contributed by atoms with E-state index in [1.807, 2.05) is 43.0 Å². The maximum Gasteiger partial charge on any atom is 0.227 e. The topological polar surface area (TPSA) is 56.3 Å². The first-order valence-corrected chi connectivity index (χ1v) is 10.8. The lowest BCUT2D eigenvalue weighted by molar-refractivity contribution is -0.134. The first-order valence-electron chi connectivity index (χ1n) is 10.8. The highest BCUT2D eigenvalue weighted by atomic mass is 16.5. The average molecular weight is 404 g/mol. The first-order chi connectivity index (χ1) is 13.8. The second-order valence-electron chi connectivity index (χ2n) is 9.24. The Morgan fingerprint density at radius 2 is 1.97 bits per heavy atom. The van der Waals surface area contributed by atoms with Crippen molar-refractivity contribution < 1.29 is 14.6 Å². The minimum absolute atomic E-state index is 0.0120. The lowest BCUT2D eigenvalue weighted by atomic mass is 10.0. The molecule has 2 aliphatic rings. The number of fused-ring (bicyclic) bond motifs is 1. The smallest absolute Gasteiger partial charge is 0.227 e. The second-order valence-corrected chi connectivity index (χ2v) is 9.24.